The predicted octanol–water partition coefficient (Wildman–Crippen LogP) is 4.33. The molecule has 0 saturated heterocycles. The standard InChI is InChI=1S/C21H31N5OS.HI/c1-15-4-6-19(7-5-15)27-20-12-17(8-10-23-20)13-25-21(22-3)24-11-9-18-14-28-16(2)26-18;/h8,10,12,14-15,19H,4-7,9,11,13H2,1-3H3,(H2,22,24,25);1H. The van der Waals surface area contributed by atoms with Gasteiger partial charge in [-0.1, -0.05) is 6.92 Å². The molecule has 160 valence electrons. The van der Waals surface area contributed by atoms with E-state index in [1.54, 1.807) is 18.4 Å². The Bertz CT molecular complexity index is 774. The van der Waals surface area contributed by atoms with Gasteiger partial charge in [-0.2, -0.15) is 0 Å². The van der Waals surface area contributed by atoms with Crippen LogP contribution in [0.3, 0.4) is 0 Å². The molecule has 0 bridgehead atoms. The van der Waals surface area contributed by atoms with Crippen LogP contribution < -0.4 is 15.4 Å². The van der Waals surface area contributed by atoms with E-state index in [9.17, 15) is 0 Å². The Hall–Kier alpha value is -1.42. The second-order valence-corrected chi connectivity index (χ2v) is 8.52. The summed E-state index contributed by atoms with van der Waals surface area (Å²) in [6.45, 7) is 5.83. The van der Waals surface area contributed by atoms with Gasteiger partial charge < -0.3 is 15.4 Å². The van der Waals surface area contributed by atoms with Crippen LogP contribution in [-0.4, -0.2) is 35.6 Å². The molecule has 0 unspecified atom stereocenters. The summed E-state index contributed by atoms with van der Waals surface area (Å²) in [6, 6.07) is 4.03. The van der Waals surface area contributed by atoms with Gasteiger partial charge in [0.05, 0.1) is 10.7 Å². The van der Waals surface area contributed by atoms with Crippen molar-refractivity contribution in [2.75, 3.05) is 13.6 Å². The van der Waals surface area contributed by atoms with Gasteiger partial charge in [-0.25, -0.2) is 9.97 Å². The molecular weight excluding hydrogens is 497 g/mol. The first-order valence-corrected chi connectivity index (χ1v) is 11.0. The summed E-state index contributed by atoms with van der Waals surface area (Å²) in [4.78, 5) is 13.2. The molecule has 8 heteroatoms. The lowest BCUT2D eigenvalue weighted by molar-refractivity contribution is 0.130. The van der Waals surface area contributed by atoms with Crippen LogP contribution in [0, 0.1) is 12.8 Å². The van der Waals surface area contributed by atoms with Crippen molar-refractivity contribution >= 4 is 41.3 Å². The molecule has 1 saturated carbocycles. The lowest BCUT2D eigenvalue weighted by Crippen LogP contribution is -2.37. The summed E-state index contributed by atoms with van der Waals surface area (Å²) in [5, 5.41) is 9.91. The molecule has 29 heavy (non-hydrogen) atoms. The summed E-state index contributed by atoms with van der Waals surface area (Å²) in [5.41, 5.74) is 2.26. The first-order chi connectivity index (χ1) is 13.6. The van der Waals surface area contributed by atoms with Gasteiger partial charge >= 0.3 is 0 Å². The molecular formula is C21H32IN5OS. The third-order valence-electron chi connectivity index (χ3n) is 5.07. The number of aromatic nitrogens is 2. The second kappa shape index (κ2) is 12.3. The number of aryl methyl sites for hydroxylation is 1. The fourth-order valence-electron chi connectivity index (χ4n) is 3.38. The summed E-state index contributed by atoms with van der Waals surface area (Å²) < 4.78 is 6.10. The zero-order valence-electron chi connectivity index (χ0n) is 17.5. The van der Waals surface area contributed by atoms with Crippen LogP contribution in [0.4, 0.5) is 0 Å². The van der Waals surface area contributed by atoms with Gasteiger partial charge in [0.15, 0.2) is 5.96 Å². The molecule has 0 atom stereocenters. The second-order valence-electron chi connectivity index (χ2n) is 7.46. The fraction of sp³-hybridized carbons (Fsp3) is 0.571. The Labute approximate surface area is 195 Å². The van der Waals surface area contributed by atoms with Crippen molar-refractivity contribution in [3.05, 3.63) is 40.0 Å². The highest BCUT2D eigenvalue weighted by Crippen LogP contribution is 2.26. The van der Waals surface area contributed by atoms with E-state index in [1.165, 1.54) is 12.8 Å². The summed E-state index contributed by atoms with van der Waals surface area (Å²) >= 11 is 1.69. The molecule has 1 fully saturated rings. The maximum absolute atomic E-state index is 6.10. The van der Waals surface area contributed by atoms with Crippen molar-refractivity contribution in [1.82, 2.24) is 20.6 Å². The van der Waals surface area contributed by atoms with Crippen LogP contribution in [0.15, 0.2) is 28.7 Å². The maximum atomic E-state index is 6.10. The van der Waals surface area contributed by atoms with Crippen LogP contribution >= 0.6 is 35.3 Å². The van der Waals surface area contributed by atoms with E-state index in [0.717, 1.165) is 59.8 Å². The number of nitrogens with one attached hydrogen (secondary N) is 2. The van der Waals surface area contributed by atoms with Crippen molar-refractivity contribution in [2.45, 2.75) is 58.6 Å². The highest BCUT2D eigenvalue weighted by Gasteiger charge is 2.19. The molecule has 1 aliphatic rings. The molecule has 0 radical (unpaired) electrons. The third-order valence-corrected chi connectivity index (χ3v) is 5.90. The molecule has 0 amide bonds. The highest BCUT2D eigenvalue weighted by atomic mass is 127. The molecule has 0 spiro atoms. The van der Waals surface area contributed by atoms with Crippen molar-refractivity contribution < 1.29 is 4.74 Å². The largest absolute Gasteiger partial charge is 0.474 e. The average molecular weight is 529 g/mol. The molecule has 0 aromatic carbocycles. The number of rotatable bonds is 7. The lowest BCUT2D eigenvalue weighted by atomic mass is 9.89. The van der Waals surface area contributed by atoms with Crippen molar-refractivity contribution in [3.63, 3.8) is 0 Å². The average Bonchev–Trinajstić information content (AvgIpc) is 3.12. The number of hydrogen-bond donors (Lipinski definition) is 2. The SMILES string of the molecule is CN=C(NCCc1csc(C)n1)NCc1ccnc(OC2CCC(C)CC2)c1.I. The molecule has 6 nitrogen and oxygen atoms in total. The van der Waals surface area contributed by atoms with Crippen molar-refractivity contribution in [3.8, 4) is 5.88 Å². The zero-order valence-corrected chi connectivity index (χ0v) is 20.6. The van der Waals surface area contributed by atoms with Gasteiger partial charge in [-0.15, -0.1) is 35.3 Å². The highest BCUT2D eigenvalue weighted by molar-refractivity contribution is 14.0. The lowest BCUT2D eigenvalue weighted by Gasteiger charge is -2.26. The van der Waals surface area contributed by atoms with Crippen molar-refractivity contribution in [1.29, 1.82) is 0 Å². The molecule has 1 aliphatic carbocycles. The van der Waals surface area contributed by atoms with E-state index in [0.29, 0.717) is 12.6 Å². The monoisotopic (exact) mass is 529 g/mol. The van der Waals surface area contributed by atoms with Crippen molar-refractivity contribution in [2.24, 2.45) is 10.9 Å². The van der Waals surface area contributed by atoms with E-state index in [4.69, 9.17) is 4.74 Å². The van der Waals surface area contributed by atoms with Crippen LogP contribution in [0.2, 0.25) is 0 Å². The Balaban J connectivity index is 0.00000300. The van der Waals surface area contributed by atoms with Crippen LogP contribution in [0.25, 0.3) is 0 Å². The van der Waals surface area contributed by atoms with Crippen LogP contribution in [0.1, 0.15) is 48.9 Å². The fourth-order valence-corrected chi connectivity index (χ4v) is 4.03. The van der Waals surface area contributed by atoms with E-state index in [1.807, 2.05) is 25.3 Å². The number of guanidine groups is 1. The summed E-state index contributed by atoms with van der Waals surface area (Å²) in [5.74, 6) is 2.33. The van der Waals surface area contributed by atoms with Crippen LogP contribution in [0.5, 0.6) is 5.88 Å². The van der Waals surface area contributed by atoms with E-state index in [2.05, 4.69) is 37.9 Å². The first-order valence-electron chi connectivity index (χ1n) is 10.1. The molecule has 2 heterocycles. The number of halogens is 1. The number of ether oxygens (including phenoxy) is 1. The summed E-state index contributed by atoms with van der Waals surface area (Å²) in [6.07, 6.45) is 7.75. The predicted molar refractivity (Wildman–Crippen MR) is 130 cm³/mol. The van der Waals surface area contributed by atoms with E-state index >= 15 is 0 Å². The quantitative estimate of drug-likeness (QED) is 0.318. The Kier molecular flexibility index (Phi) is 10.1. The number of nitrogens with zero attached hydrogens (tertiary/aromatic N) is 3. The van der Waals surface area contributed by atoms with E-state index in [-0.39, 0.29) is 24.0 Å². The number of thiazole rings is 1. The van der Waals surface area contributed by atoms with E-state index < -0.39 is 0 Å². The number of pyridine rings is 1. The topological polar surface area (TPSA) is 71.4 Å². The van der Waals surface area contributed by atoms with Crippen LogP contribution in [-0.2, 0) is 13.0 Å². The van der Waals surface area contributed by atoms with Gasteiger partial charge in [0.2, 0.25) is 5.88 Å². The first kappa shape index (κ1) is 23.9. The smallest absolute Gasteiger partial charge is 0.213 e. The molecule has 2 aromatic heterocycles. The van der Waals surface area contributed by atoms with Gasteiger partial charge in [-0.3, -0.25) is 4.99 Å². The molecule has 2 N–H and O–H groups in total. The minimum atomic E-state index is 0. The Morgan fingerprint density at radius 3 is 2.76 bits per heavy atom. The third kappa shape index (κ3) is 8.08. The summed E-state index contributed by atoms with van der Waals surface area (Å²) in [7, 11) is 1.79. The Morgan fingerprint density at radius 2 is 2.07 bits per heavy atom. The number of hydrogen-bond acceptors (Lipinski definition) is 5. The van der Waals surface area contributed by atoms with Gasteiger partial charge in [0.25, 0.3) is 0 Å². The minimum Gasteiger partial charge on any atom is -0.474 e. The molecule has 2 aromatic rings. The zero-order chi connectivity index (χ0) is 19.8. The maximum Gasteiger partial charge on any atom is 0.213 e. The minimum absolute atomic E-state index is 0. The Morgan fingerprint density at radius 1 is 1.28 bits per heavy atom. The normalized spacial score (nSPS) is 19.3. The molecule has 0 aliphatic heterocycles. The van der Waals surface area contributed by atoms with Gasteiger partial charge in [0.1, 0.15) is 6.10 Å². The molecule has 3 rings (SSSR count). The van der Waals surface area contributed by atoms with Gasteiger partial charge in [0, 0.05) is 44.2 Å². The van der Waals surface area contributed by atoms with Gasteiger partial charge in [-0.05, 0) is 50.2 Å². The number of aliphatic imine (C=N–C) groups is 1.